The number of nitrogens with one attached hydrogen (secondary N) is 1. The van der Waals surface area contributed by atoms with E-state index in [2.05, 4.69) is 5.32 Å². The first-order chi connectivity index (χ1) is 8.72. The molecule has 1 aliphatic carbocycles. The summed E-state index contributed by atoms with van der Waals surface area (Å²) in [6, 6.07) is 6.50. The highest BCUT2D eigenvalue weighted by molar-refractivity contribution is 5.79. The van der Waals surface area contributed by atoms with Crippen molar-refractivity contribution >= 4 is 5.91 Å². The summed E-state index contributed by atoms with van der Waals surface area (Å²) in [6.07, 6.45) is 2.97. The molecular formula is C14H19FN2O. The van der Waals surface area contributed by atoms with Crippen LogP contribution in [0.4, 0.5) is 4.39 Å². The Morgan fingerprint density at radius 1 is 1.39 bits per heavy atom. The molecule has 18 heavy (non-hydrogen) atoms. The van der Waals surface area contributed by atoms with Crippen molar-refractivity contribution in [3.63, 3.8) is 0 Å². The van der Waals surface area contributed by atoms with Crippen molar-refractivity contribution in [3.8, 4) is 0 Å². The second-order valence-corrected chi connectivity index (χ2v) is 4.84. The fraction of sp³-hybridized carbons (Fsp3) is 0.500. The van der Waals surface area contributed by atoms with Gasteiger partial charge in [-0.1, -0.05) is 24.6 Å². The molecule has 0 aliphatic heterocycles. The Morgan fingerprint density at radius 3 is 2.89 bits per heavy atom. The molecule has 3 N–H and O–H groups in total. The molecule has 0 heterocycles. The Labute approximate surface area is 107 Å². The van der Waals surface area contributed by atoms with Crippen molar-refractivity contribution in [3.05, 3.63) is 35.6 Å². The molecule has 0 spiro atoms. The standard InChI is InChI=1S/C14H19FN2O/c15-13-7-2-1-4-11(13)9-17-14(18)12-6-3-5-10(12)8-16/h1-2,4,7,10,12H,3,5-6,8-9,16H2,(H,17,18). The minimum absolute atomic E-state index is 0.00164. The van der Waals surface area contributed by atoms with Crippen LogP contribution >= 0.6 is 0 Å². The minimum atomic E-state index is -0.278. The molecule has 98 valence electrons. The third-order valence-corrected chi connectivity index (χ3v) is 3.71. The van der Waals surface area contributed by atoms with Crippen molar-refractivity contribution in [2.75, 3.05) is 6.54 Å². The molecule has 1 aliphatic rings. The first-order valence-corrected chi connectivity index (χ1v) is 6.43. The van der Waals surface area contributed by atoms with Crippen LogP contribution in [-0.4, -0.2) is 12.5 Å². The van der Waals surface area contributed by atoms with Gasteiger partial charge in [0.25, 0.3) is 0 Å². The van der Waals surface area contributed by atoms with E-state index < -0.39 is 0 Å². The van der Waals surface area contributed by atoms with E-state index >= 15 is 0 Å². The summed E-state index contributed by atoms with van der Waals surface area (Å²) >= 11 is 0. The Bertz CT molecular complexity index is 422. The minimum Gasteiger partial charge on any atom is -0.352 e. The summed E-state index contributed by atoms with van der Waals surface area (Å²) in [5.41, 5.74) is 6.17. The number of carbonyl (C=O) groups is 1. The van der Waals surface area contributed by atoms with Crippen LogP contribution in [0.5, 0.6) is 0 Å². The zero-order valence-corrected chi connectivity index (χ0v) is 10.4. The maximum atomic E-state index is 13.4. The number of hydrogen-bond acceptors (Lipinski definition) is 2. The largest absolute Gasteiger partial charge is 0.352 e. The second kappa shape index (κ2) is 5.96. The van der Waals surface area contributed by atoms with E-state index in [1.54, 1.807) is 18.2 Å². The topological polar surface area (TPSA) is 55.1 Å². The molecule has 4 heteroatoms. The van der Waals surface area contributed by atoms with E-state index in [1.165, 1.54) is 6.07 Å². The predicted molar refractivity (Wildman–Crippen MR) is 68.1 cm³/mol. The predicted octanol–water partition coefficient (Wildman–Crippen LogP) is 1.82. The molecule has 2 atom stereocenters. The van der Waals surface area contributed by atoms with Crippen LogP contribution in [0.25, 0.3) is 0 Å². The number of nitrogens with two attached hydrogens (primary N) is 1. The maximum absolute atomic E-state index is 13.4. The van der Waals surface area contributed by atoms with Gasteiger partial charge in [-0.25, -0.2) is 4.39 Å². The summed E-state index contributed by atoms with van der Waals surface area (Å²) < 4.78 is 13.4. The molecule has 0 radical (unpaired) electrons. The van der Waals surface area contributed by atoms with Gasteiger partial charge in [-0.2, -0.15) is 0 Å². The summed E-state index contributed by atoms with van der Waals surface area (Å²) in [6.45, 7) is 0.803. The molecule has 0 aromatic heterocycles. The molecule has 1 aromatic rings. The van der Waals surface area contributed by atoms with E-state index in [0.29, 0.717) is 12.1 Å². The lowest BCUT2D eigenvalue weighted by Crippen LogP contribution is -2.34. The molecule has 1 amide bonds. The van der Waals surface area contributed by atoms with E-state index in [1.807, 2.05) is 0 Å². The Balaban J connectivity index is 1.90. The van der Waals surface area contributed by atoms with Gasteiger partial charge in [-0.05, 0) is 31.4 Å². The van der Waals surface area contributed by atoms with Gasteiger partial charge in [0.2, 0.25) is 5.91 Å². The number of benzene rings is 1. The smallest absolute Gasteiger partial charge is 0.223 e. The average molecular weight is 250 g/mol. The molecular weight excluding hydrogens is 231 g/mol. The number of rotatable bonds is 4. The molecule has 0 saturated heterocycles. The van der Waals surface area contributed by atoms with Gasteiger partial charge in [0.1, 0.15) is 5.82 Å². The summed E-state index contributed by atoms with van der Waals surface area (Å²) in [5.74, 6) is 0.0122. The molecule has 3 nitrogen and oxygen atoms in total. The van der Waals surface area contributed by atoms with Gasteiger partial charge in [0.15, 0.2) is 0 Å². The zero-order chi connectivity index (χ0) is 13.0. The molecule has 1 saturated carbocycles. The summed E-state index contributed by atoms with van der Waals surface area (Å²) in [5, 5.41) is 2.81. The molecule has 2 rings (SSSR count). The zero-order valence-electron chi connectivity index (χ0n) is 10.4. The lowest BCUT2D eigenvalue weighted by molar-refractivity contribution is -0.126. The molecule has 0 bridgehead atoms. The Morgan fingerprint density at radius 2 is 2.17 bits per heavy atom. The number of carbonyl (C=O) groups excluding carboxylic acids is 1. The van der Waals surface area contributed by atoms with Gasteiger partial charge in [-0.3, -0.25) is 4.79 Å². The highest BCUT2D eigenvalue weighted by Gasteiger charge is 2.31. The highest BCUT2D eigenvalue weighted by Crippen LogP contribution is 2.30. The van der Waals surface area contributed by atoms with Crippen LogP contribution in [0.15, 0.2) is 24.3 Å². The van der Waals surface area contributed by atoms with Crippen molar-refractivity contribution in [1.82, 2.24) is 5.32 Å². The van der Waals surface area contributed by atoms with Crippen LogP contribution in [0, 0.1) is 17.7 Å². The van der Waals surface area contributed by atoms with Crippen molar-refractivity contribution in [2.24, 2.45) is 17.6 Å². The third-order valence-electron chi connectivity index (χ3n) is 3.71. The average Bonchev–Trinajstić information content (AvgIpc) is 2.86. The first-order valence-electron chi connectivity index (χ1n) is 6.43. The molecule has 2 unspecified atom stereocenters. The van der Waals surface area contributed by atoms with E-state index in [0.717, 1.165) is 19.3 Å². The SMILES string of the molecule is NCC1CCCC1C(=O)NCc1ccccc1F. The maximum Gasteiger partial charge on any atom is 0.223 e. The van der Waals surface area contributed by atoms with Gasteiger partial charge in [0, 0.05) is 18.0 Å². The van der Waals surface area contributed by atoms with Crippen LogP contribution in [0.3, 0.4) is 0 Å². The fourth-order valence-corrected chi connectivity index (χ4v) is 2.62. The lowest BCUT2D eigenvalue weighted by atomic mass is 9.95. The molecule has 1 aromatic carbocycles. The third kappa shape index (κ3) is 2.88. The van der Waals surface area contributed by atoms with Gasteiger partial charge in [-0.15, -0.1) is 0 Å². The number of amides is 1. The van der Waals surface area contributed by atoms with Gasteiger partial charge in [0.05, 0.1) is 0 Å². The Kier molecular flexibility index (Phi) is 4.31. The van der Waals surface area contributed by atoms with Crippen molar-refractivity contribution < 1.29 is 9.18 Å². The van der Waals surface area contributed by atoms with Crippen LogP contribution in [-0.2, 0) is 11.3 Å². The van der Waals surface area contributed by atoms with Crippen molar-refractivity contribution in [1.29, 1.82) is 0 Å². The van der Waals surface area contributed by atoms with Crippen LogP contribution in [0.2, 0.25) is 0 Å². The van der Waals surface area contributed by atoms with E-state index in [4.69, 9.17) is 5.73 Å². The quantitative estimate of drug-likeness (QED) is 0.856. The van der Waals surface area contributed by atoms with E-state index in [-0.39, 0.29) is 30.1 Å². The van der Waals surface area contributed by atoms with Gasteiger partial charge >= 0.3 is 0 Å². The number of halogens is 1. The van der Waals surface area contributed by atoms with Gasteiger partial charge < -0.3 is 11.1 Å². The fourth-order valence-electron chi connectivity index (χ4n) is 2.62. The first kappa shape index (κ1) is 13.0. The Hall–Kier alpha value is -1.42. The van der Waals surface area contributed by atoms with Crippen molar-refractivity contribution in [2.45, 2.75) is 25.8 Å². The van der Waals surface area contributed by atoms with Crippen LogP contribution < -0.4 is 11.1 Å². The monoisotopic (exact) mass is 250 g/mol. The van der Waals surface area contributed by atoms with E-state index in [9.17, 15) is 9.18 Å². The van der Waals surface area contributed by atoms with Crippen LogP contribution in [0.1, 0.15) is 24.8 Å². The summed E-state index contributed by atoms with van der Waals surface area (Å²) in [4.78, 5) is 12.0. The summed E-state index contributed by atoms with van der Waals surface area (Å²) in [7, 11) is 0. The normalized spacial score (nSPS) is 23.0. The molecule has 1 fully saturated rings. The second-order valence-electron chi connectivity index (χ2n) is 4.84. The highest BCUT2D eigenvalue weighted by atomic mass is 19.1. The number of hydrogen-bond donors (Lipinski definition) is 2. The lowest BCUT2D eigenvalue weighted by Gasteiger charge is -2.17.